The highest BCUT2D eigenvalue weighted by atomic mass is 32.2. The van der Waals surface area contributed by atoms with E-state index in [1.54, 1.807) is 25.1 Å². The fourth-order valence-corrected chi connectivity index (χ4v) is 4.54. The highest BCUT2D eigenvalue weighted by molar-refractivity contribution is 7.90. The Balaban J connectivity index is 1.75. The zero-order valence-electron chi connectivity index (χ0n) is 15.7. The Morgan fingerprint density at radius 2 is 1.89 bits per heavy atom. The van der Waals surface area contributed by atoms with Gasteiger partial charge in [-0.1, -0.05) is 18.2 Å². The molecule has 0 spiro atoms. The molecule has 1 aromatic carbocycles. The van der Waals surface area contributed by atoms with E-state index in [2.05, 4.69) is 0 Å². The number of ether oxygens (including phenoxy) is 1. The summed E-state index contributed by atoms with van der Waals surface area (Å²) in [6.07, 6.45) is 2.17. The Morgan fingerprint density at radius 1 is 1.14 bits per heavy atom. The molecule has 0 saturated carbocycles. The number of esters is 1. The first-order valence-electron chi connectivity index (χ1n) is 9.26. The van der Waals surface area contributed by atoms with Crippen molar-refractivity contribution in [3.05, 3.63) is 54.0 Å². The summed E-state index contributed by atoms with van der Waals surface area (Å²) < 4.78 is 35.6. The van der Waals surface area contributed by atoms with Crippen LogP contribution in [0.2, 0.25) is 0 Å². The first-order valence-corrected chi connectivity index (χ1v) is 10.9. The zero-order chi connectivity index (χ0) is 20.1. The van der Waals surface area contributed by atoms with Crippen LogP contribution in [0.5, 0.6) is 0 Å². The van der Waals surface area contributed by atoms with E-state index in [4.69, 9.17) is 9.15 Å². The Hall–Kier alpha value is -2.61. The summed E-state index contributed by atoms with van der Waals surface area (Å²) in [6, 6.07) is 10.4. The quantitative estimate of drug-likeness (QED) is 0.686. The number of furan rings is 1. The molecule has 1 aliphatic rings. The van der Waals surface area contributed by atoms with Crippen LogP contribution < -0.4 is 0 Å². The second-order valence-electron chi connectivity index (χ2n) is 6.60. The van der Waals surface area contributed by atoms with Gasteiger partial charge < -0.3 is 14.1 Å². The minimum atomic E-state index is -3.57. The van der Waals surface area contributed by atoms with E-state index in [1.165, 1.54) is 29.2 Å². The third-order valence-corrected chi connectivity index (χ3v) is 6.28. The van der Waals surface area contributed by atoms with Gasteiger partial charge in [0.15, 0.2) is 15.6 Å². The maximum absolute atomic E-state index is 12.8. The van der Waals surface area contributed by atoms with Crippen molar-refractivity contribution in [2.75, 3.05) is 13.2 Å². The van der Waals surface area contributed by atoms with E-state index >= 15 is 0 Å². The van der Waals surface area contributed by atoms with Crippen molar-refractivity contribution in [3.63, 3.8) is 0 Å². The molecule has 1 aliphatic heterocycles. The summed E-state index contributed by atoms with van der Waals surface area (Å²) >= 11 is 0. The predicted molar refractivity (Wildman–Crippen MR) is 101 cm³/mol. The molecule has 0 N–H and O–H groups in total. The van der Waals surface area contributed by atoms with Gasteiger partial charge in [0, 0.05) is 6.54 Å². The van der Waals surface area contributed by atoms with Crippen molar-refractivity contribution in [2.45, 2.75) is 42.9 Å². The molecule has 0 aliphatic carbocycles. The van der Waals surface area contributed by atoms with E-state index in [1.807, 2.05) is 0 Å². The van der Waals surface area contributed by atoms with Gasteiger partial charge in [-0.15, -0.1) is 0 Å². The lowest BCUT2D eigenvalue weighted by atomic mass is 10.0. The molecule has 1 unspecified atom stereocenters. The molecule has 2 aromatic rings. The molecule has 2 heterocycles. The van der Waals surface area contributed by atoms with E-state index in [-0.39, 0.29) is 28.8 Å². The van der Waals surface area contributed by atoms with Crippen molar-refractivity contribution in [3.8, 4) is 0 Å². The Kier molecular flexibility index (Phi) is 6.18. The second kappa shape index (κ2) is 8.60. The van der Waals surface area contributed by atoms with Gasteiger partial charge in [-0.3, -0.25) is 4.79 Å². The molecule has 1 fully saturated rings. The molecule has 150 valence electrons. The highest BCUT2D eigenvalue weighted by Crippen LogP contribution is 2.23. The fraction of sp³-hybridized carbons (Fsp3) is 0.400. The van der Waals surface area contributed by atoms with Crippen molar-refractivity contribution < 1.29 is 27.2 Å². The van der Waals surface area contributed by atoms with Gasteiger partial charge in [0.2, 0.25) is 0 Å². The lowest BCUT2D eigenvalue weighted by Gasteiger charge is -2.33. The van der Waals surface area contributed by atoms with Crippen molar-refractivity contribution in [1.29, 1.82) is 0 Å². The van der Waals surface area contributed by atoms with Gasteiger partial charge in [-0.2, -0.15) is 0 Å². The number of carbonyl (C=O) groups excluding carboxylic acids is 2. The average Bonchev–Trinajstić information content (AvgIpc) is 3.16. The number of hydrogen-bond acceptors (Lipinski definition) is 6. The largest absolute Gasteiger partial charge is 0.464 e. The van der Waals surface area contributed by atoms with Gasteiger partial charge >= 0.3 is 5.97 Å². The summed E-state index contributed by atoms with van der Waals surface area (Å²) in [6.45, 7) is 2.40. The minimum Gasteiger partial charge on any atom is -0.464 e. The maximum atomic E-state index is 12.8. The maximum Gasteiger partial charge on any atom is 0.328 e. The molecule has 28 heavy (non-hydrogen) atoms. The Bertz CT molecular complexity index is 935. The minimum absolute atomic E-state index is 0.0226. The summed E-state index contributed by atoms with van der Waals surface area (Å²) in [5, 5.41) is 0. The number of piperidine rings is 1. The number of rotatable bonds is 6. The number of carbonyl (C=O) groups is 2. The van der Waals surface area contributed by atoms with Crippen LogP contribution in [-0.2, 0) is 25.1 Å². The molecule has 8 heteroatoms. The number of amides is 1. The fourth-order valence-electron chi connectivity index (χ4n) is 3.27. The van der Waals surface area contributed by atoms with E-state index in [0.29, 0.717) is 13.0 Å². The lowest BCUT2D eigenvalue weighted by molar-refractivity contribution is -0.149. The molecule has 1 amide bonds. The standard InChI is InChI=1S/C20H23NO6S/c1-2-26-20(23)17-10-6-7-13-21(17)19(22)18-12-11-15(27-18)14-28(24,25)16-8-4-3-5-9-16/h3-5,8-9,11-12,17H,2,6-7,10,13-14H2,1H3. The first kappa shape index (κ1) is 20.1. The van der Waals surface area contributed by atoms with Crippen molar-refractivity contribution >= 4 is 21.7 Å². The van der Waals surface area contributed by atoms with Crippen molar-refractivity contribution in [1.82, 2.24) is 4.90 Å². The molecule has 1 aromatic heterocycles. The molecule has 3 rings (SSSR count). The van der Waals surface area contributed by atoms with Crippen LogP contribution >= 0.6 is 0 Å². The number of nitrogens with zero attached hydrogens (tertiary/aromatic N) is 1. The number of sulfone groups is 1. The highest BCUT2D eigenvalue weighted by Gasteiger charge is 2.35. The monoisotopic (exact) mass is 405 g/mol. The lowest BCUT2D eigenvalue weighted by Crippen LogP contribution is -2.48. The average molecular weight is 405 g/mol. The zero-order valence-corrected chi connectivity index (χ0v) is 16.5. The van der Waals surface area contributed by atoms with E-state index in [9.17, 15) is 18.0 Å². The number of likely N-dealkylation sites (tertiary alicyclic amines) is 1. The topological polar surface area (TPSA) is 93.9 Å². The van der Waals surface area contributed by atoms with Gasteiger partial charge in [0.05, 0.1) is 11.5 Å². The first-order chi connectivity index (χ1) is 13.4. The number of hydrogen-bond donors (Lipinski definition) is 0. The SMILES string of the molecule is CCOC(=O)C1CCCCN1C(=O)c1ccc(CS(=O)(=O)c2ccccc2)o1. The Labute approximate surface area is 164 Å². The smallest absolute Gasteiger partial charge is 0.328 e. The molecule has 0 bridgehead atoms. The Morgan fingerprint density at radius 3 is 2.61 bits per heavy atom. The second-order valence-corrected chi connectivity index (χ2v) is 8.59. The normalized spacial score (nSPS) is 17.3. The molecular formula is C20H23NO6S. The van der Waals surface area contributed by atoms with Gasteiger partial charge in [-0.25, -0.2) is 13.2 Å². The van der Waals surface area contributed by atoms with Crippen LogP contribution in [0, 0.1) is 0 Å². The third-order valence-electron chi connectivity index (χ3n) is 4.63. The van der Waals surface area contributed by atoms with E-state index < -0.39 is 27.8 Å². The predicted octanol–water partition coefficient (Wildman–Crippen LogP) is 2.81. The van der Waals surface area contributed by atoms with Crippen LogP contribution in [0.1, 0.15) is 42.5 Å². The van der Waals surface area contributed by atoms with E-state index in [0.717, 1.165) is 12.8 Å². The van der Waals surface area contributed by atoms with Gasteiger partial charge in [-0.05, 0) is 50.5 Å². The van der Waals surface area contributed by atoms with Crippen LogP contribution in [0.25, 0.3) is 0 Å². The van der Waals surface area contributed by atoms with Crippen LogP contribution in [0.4, 0.5) is 0 Å². The summed E-state index contributed by atoms with van der Waals surface area (Å²) in [4.78, 5) is 26.7. The summed E-state index contributed by atoms with van der Waals surface area (Å²) in [5.74, 6) is -0.993. The third kappa shape index (κ3) is 4.44. The molecule has 1 atom stereocenters. The molecule has 1 saturated heterocycles. The number of benzene rings is 1. The molecular weight excluding hydrogens is 382 g/mol. The van der Waals surface area contributed by atoms with Gasteiger partial charge in [0.25, 0.3) is 5.91 Å². The summed E-state index contributed by atoms with van der Waals surface area (Å²) in [5.41, 5.74) is 0. The van der Waals surface area contributed by atoms with Crippen LogP contribution in [0.3, 0.4) is 0 Å². The van der Waals surface area contributed by atoms with Crippen LogP contribution in [-0.4, -0.2) is 44.4 Å². The van der Waals surface area contributed by atoms with Crippen LogP contribution in [0.15, 0.2) is 51.8 Å². The summed E-state index contributed by atoms with van der Waals surface area (Å²) in [7, 11) is -3.57. The molecule has 7 nitrogen and oxygen atoms in total. The van der Waals surface area contributed by atoms with Crippen molar-refractivity contribution in [2.24, 2.45) is 0 Å². The van der Waals surface area contributed by atoms with Gasteiger partial charge in [0.1, 0.15) is 17.6 Å². The molecule has 0 radical (unpaired) electrons.